The van der Waals surface area contributed by atoms with Gasteiger partial charge in [0, 0.05) is 12.8 Å². The molecule has 0 atom stereocenters. The molecule has 0 radical (unpaired) electrons. The molecule has 94 valence electrons. The van der Waals surface area contributed by atoms with Crippen molar-refractivity contribution in [3.8, 4) is 0 Å². The third-order valence-corrected chi connectivity index (χ3v) is 2.66. The molecule has 0 saturated heterocycles. The highest BCUT2D eigenvalue weighted by Crippen LogP contribution is 2.09. The van der Waals surface area contributed by atoms with Crippen molar-refractivity contribution in [2.24, 2.45) is 0 Å². The molecule has 0 fully saturated rings. The van der Waals surface area contributed by atoms with Crippen LogP contribution in [0.15, 0.2) is 24.3 Å². The molecule has 2 N–H and O–H groups in total. The van der Waals surface area contributed by atoms with Gasteiger partial charge in [0.1, 0.15) is 11.6 Å². The highest BCUT2D eigenvalue weighted by molar-refractivity contribution is 5.26. The summed E-state index contributed by atoms with van der Waals surface area (Å²) in [6.07, 6.45) is 2.55. The van der Waals surface area contributed by atoms with Gasteiger partial charge in [-0.2, -0.15) is 9.97 Å². The fourth-order valence-electron chi connectivity index (χ4n) is 1.91. The van der Waals surface area contributed by atoms with E-state index >= 15 is 0 Å². The largest absolute Gasteiger partial charge is 0.368 e. The van der Waals surface area contributed by atoms with E-state index in [1.807, 2.05) is 6.07 Å². The average molecular weight is 242 g/mol. The molecule has 0 aliphatic heterocycles. The summed E-state index contributed by atoms with van der Waals surface area (Å²) in [5, 5.41) is 0. The van der Waals surface area contributed by atoms with E-state index in [1.165, 1.54) is 11.1 Å². The number of anilines is 1. The van der Waals surface area contributed by atoms with Crippen molar-refractivity contribution in [1.29, 1.82) is 0 Å². The normalized spacial score (nSPS) is 10.6. The molecule has 0 aliphatic carbocycles. The monoisotopic (exact) mass is 242 g/mol. The first-order chi connectivity index (χ1) is 8.67. The Bertz CT molecular complexity index is 537. The number of nitrogen functional groups attached to an aromatic ring is 1. The molecule has 0 aliphatic rings. The van der Waals surface area contributed by atoms with Gasteiger partial charge in [0.2, 0.25) is 5.95 Å². The van der Waals surface area contributed by atoms with Crippen molar-refractivity contribution < 1.29 is 0 Å². The van der Waals surface area contributed by atoms with Crippen LogP contribution in [0.5, 0.6) is 0 Å². The molecule has 1 heterocycles. The molecule has 0 saturated carbocycles. The zero-order chi connectivity index (χ0) is 13.0. The van der Waals surface area contributed by atoms with Gasteiger partial charge in [-0.05, 0) is 18.9 Å². The summed E-state index contributed by atoms with van der Waals surface area (Å²) in [5.74, 6) is 1.85. The van der Waals surface area contributed by atoms with Gasteiger partial charge in [0.25, 0.3) is 0 Å². The maximum atomic E-state index is 5.71. The quantitative estimate of drug-likeness (QED) is 0.893. The summed E-state index contributed by atoms with van der Waals surface area (Å²) in [4.78, 5) is 12.8. The van der Waals surface area contributed by atoms with E-state index in [-0.39, 0.29) is 0 Å². The Labute approximate surface area is 107 Å². The van der Waals surface area contributed by atoms with E-state index in [1.54, 1.807) is 0 Å². The first kappa shape index (κ1) is 12.5. The lowest BCUT2D eigenvalue weighted by Gasteiger charge is -2.05. The second-order valence-electron chi connectivity index (χ2n) is 4.44. The molecule has 0 amide bonds. The number of benzene rings is 1. The van der Waals surface area contributed by atoms with E-state index in [9.17, 15) is 0 Å². The standard InChI is InChI=1S/C14H18N4/c1-3-5-12-16-13(18-14(15)17-12)9-11-7-4-6-10(2)8-11/h4,6-8H,3,5,9H2,1-2H3,(H2,15,16,17,18). The van der Waals surface area contributed by atoms with E-state index in [0.717, 1.165) is 24.5 Å². The smallest absolute Gasteiger partial charge is 0.223 e. The summed E-state index contributed by atoms with van der Waals surface area (Å²) in [5.41, 5.74) is 8.15. The molecule has 1 aromatic heterocycles. The van der Waals surface area contributed by atoms with E-state index < -0.39 is 0 Å². The van der Waals surface area contributed by atoms with Crippen molar-refractivity contribution in [3.05, 3.63) is 47.0 Å². The maximum absolute atomic E-state index is 5.71. The lowest BCUT2D eigenvalue weighted by Crippen LogP contribution is -2.07. The van der Waals surface area contributed by atoms with Crippen LogP contribution in [0.25, 0.3) is 0 Å². The molecule has 0 unspecified atom stereocenters. The van der Waals surface area contributed by atoms with Gasteiger partial charge in [-0.25, -0.2) is 4.98 Å². The van der Waals surface area contributed by atoms with Gasteiger partial charge in [-0.3, -0.25) is 0 Å². The number of aromatic nitrogens is 3. The minimum absolute atomic E-state index is 0.316. The first-order valence-electron chi connectivity index (χ1n) is 6.22. The fourth-order valence-corrected chi connectivity index (χ4v) is 1.91. The number of aryl methyl sites for hydroxylation is 2. The number of nitrogens with zero attached hydrogens (tertiary/aromatic N) is 3. The van der Waals surface area contributed by atoms with Gasteiger partial charge in [-0.1, -0.05) is 36.8 Å². The molecule has 4 nitrogen and oxygen atoms in total. The Morgan fingerprint density at radius 3 is 2.61 bits per heavy atom. The fraction of sp³-hybridized carbons (Fsp3) is 0.357. The Morgan fingerprint density at radius 1 is 1.11 bits per heavy atom. The average Bonchev–Trinajstić information content (AvgIpc) is 2.28. The molecule has 2 aromatic rings. The van der Waals surface area contributed by atoms with E-state index in [4.69, 9.17) is 5.73 Å². The van der Waals surface area contributed by atoms with Gasteiger partial charge in [0.15, 0.2) is 0 Å². The molecular formula is C14H18N4. The zero-order valence-corrected chi connectivity index (χ0v) is 10.8. The molecule has 0 spiro atoms. The Kier molecular flexibility index (Phi) is 3.87. The van der Waals surface area contributed by atoms with Crippen molar-refractivity contribution in [3.63, 3.8) is 0 Å². The number of hydrogen-bond donors (Lipinski definition) is 1. The second kappa shape index (κ2) is 5.58. The number of hydrogen-bond acceptors (Lipinski definition) is 4. The minimum Gasteiger partial charge on any atom is -0.368 e. The SMILES string of the molecule is CCCc1nc(N)nc(Cc2cccc(C)c2)n1. The van der Waals surface area contributed by atoms with Crippen molar-refractivity contribution >= 4 is 5.95 Å². The Balaban J connectivity index is 2.23. The summed E-state index contributed by atoms with van der Waals surface area (Å²) < 4.78 is 0. The van der Waals surface area contributed by atoms with Gasteiger partial charge in [0.05, 0.1) is 0 Å². The summed E-state index contributed by atoms with van der Waals surface area (Å²) in [7, 11) is 0. The van der Waals surface area contributed by atoms with Crippen LogP contribution in [0.3, 0.4) is 0 Å². The van der Waals surface area contributed by atoms with Crippen LogP contribution in [0.2, 0.25) is 0 Å². The lowest BCUT2D eigenvalue weighted by atomic mass is 10.1. The molecular weight excluding hydrogens is 224 g/mol. The summed E-state index contributed by atoms with van der Waals surface area (Å²) in [6.45, 7) is 4.17. The highest BCUT2D eigenvalue weighted by atomic mass is 15.1. The summed E-state index contributed by atoms with van der Waals surface area (Å²) >= 11 is 0. The molecule has 2 rings (SSSR count). The minimum atomic E-state index is 0.316. The van der Waals surface area contributed by atoms with E-state index in [2.05, 4.69) is 47.0 Å². The van der Waals surface area contributed by atoms with Crippen LogP contribution in [0.1, 0.15) is 36.1 Å². The maximum Gasteiger partial charge on any atom is 0.223 e. The first-order valence-corrected chi connectivity index (χ1v) is 6.22. The Morgan fingerprint density at radius 2 is 1.89 bits per heavy atom. The highest BCUT2D eigenvalue weighted by Gasteiger charge is 2.05. The van der Waals surface area contributed by atoms with Crippen LogP contribution in [0, 0.1) is 6.92 Å². The zero-order valence-electron chi connectivity index (χ0n) is 10.8. The molecule has 1 aromatic carbocycles. The third kappa shape index (κ3) is 3.26. The Hall–Kier alpha value is -1.97. The molecule has 0 bridgehead atoms. The van der Waals surface area contributed by atoms with Crippen LogP contribution >= 0.6 is 0 Å². The topological polar surface area (TPSA) is 64.7 Å². The van der Waals surface area contributed by atoms with Crippen LogP contribution in [-0.2, 0) is 12.8 Å². The van der Waals surface area contributed by atoms with Crippen molar-refractivity contribution in [1.82, 2.24) is 15.0 Å². The van der Waals surface area contributed by atoms with Crippen LogP contribution in [0.4, 0.5) is 5.95 Å². The van der Waals surface area contributed by atoms with Crippen molar-refractivity contribution in [2.75, 3.05) is 5.73 Å². The number of nitrogens with two attached hydrogens (primary N) is 1. The van der Waals surface area contributed by atoms with E-state index in [0.29, 0.717) is 12.4 Å². The second-order valence-corrected chi connectivity index (χ2v) is 4.44. The summed E-state index contributed by atoms with van der Waals surface area (Å²) in [6, 6.07) is 8.34. The van der Waals surface area contributed by atoms with Gasteiger partial charge >= 0.3 is 0 Å². The van der Waals surface area contributed by atoms with Gasteiger partial charge in [-0.15, -0.1) is 0 Å². The van der Waals surface area contributed by atoms with Crippen LogP contribution < -0.4 is 5.73 Å². The predicted octanol–water partition coefficient (Wildman–Crippen LogP) is 2.31. The molecule has 18 heavy (non-hydrogen) atoms. The van der Waals surface area contributed by atoms with Gasteiger partial charge < -0.3 is 5.73 Å². The van der Waals surface area contributed by atoms with Crippen LogP contribution in [-0.4, -0.2) is 15.0 Å². The van der Waals surface area contributed by atoms with Crippen molar-refractivity contribution in [2.45, 2.75) is 33.1 Å². The predicted molar refractivity (Wildman–Crippen MR) is 72.2 cm³/mol. The number of rotatable bonds is 4. The third-order valence-electron chi connectivity index (χ3n) is 2.66. The molecule has 4 heteroatoms. The lowest BCUT2D eigenvalue weighted by molar-refractivity contribution is 0.792.